The van der Waals surface area contributed by atoms with Crippen LogP contribution in [-0.4, -0.2) is 62.7 Å². The fraction of sp³-hybridized carbons (Fsp3) is 0.583. The summed E-state index contributed by atoms with van der Waals surface area (Å²) < 4.78 is 10.5. The minimum atomic E-state index is -1.43. The van der Waals surface area contributed by atoms with Crippen molar-refractivity contribution in [2.24, 2.45) is 0 Å². The summed E-state index contributed by atoms with van der Waals surface area (Å²) in [6.45, 7) is -0.391. The number of pyridine rings is 1. The van der Waals surface area contributed by atoms with Gasteiger partial charge < -0.3 is 29.9 Å². The van der Waals surface area contributed by atoms with Gasteiger partial charge in [0.1, 0.15) is 24.4 Å². The van der Waals surface area contributed by atoms with Gasteiger partial charge in [-0.05, 0) is 12.1 Å². The van der Waals surface area contributed by atoms with Gasteiger partial charge in [-0.1, -0.05) is 6.07 Å². The van der Waals surface area contributed by atoms with Crippen LogP contribution >= 0.6 is 0 Å². The topological polar surface area (TPSA) is 112 Å². The first-order chi connectivity index (χ1) is 9.13. The summed E-state index contributed by atoms with van der Waals surface area (Å²) in [6, 6.07) is 5.29. The Morgan fingerprint density at radius 3 is 2.58 bits per heavy atom. The molecule has 1 fully saturated rings. The van der Waals surface area contributed by atoms with Gasteiger partial charge in [-0.15, -0.1) is 0 Å². The van der Waals surface area contributed by atoms with Gasteiger partial charge in [0.05, 0.1) is 18.9 Å². The zero-order valence-electron chi connectivity index (χ0n) is 10.2. The van der Waals surface area contributed by atoms with Crippen LogP contribution in [0.5, 0.6) is 0 Å². The van der Waals surface area contributed by atoms with E-state index in [0.717, 1.165) is 0 Å². The predicted octanol–water partition coefficient (Wildman–Crippen LogP) is -1.60. The highest BCUT2D eigenvalue weighted by Gasteiger charge is 2.43. The molecule has 7 nitrogen and oxygen atoms in total. The van der Waals surface area contributed by atoms with E-state index in [1.807, 2.05) is 0 Å². The van der Waals surface area contributed by atoms with Crippen LogP contribution in [0.2, 0.25) is 0 Å². The lowest BCUT2D eigenvalue weighted by Crippen LogP contribution is -2.59. The molecule has 0 spiro atoms. The van der Waals surface area contributed by atoms with Crippen molar-refractivity contribution >= 4 is 0 Å². The number of aliphatic hydroxyl groups excluding tert-OH is 4. The average molecular weight is 271 g/mol. The van der Waals surface area contributed by atoms with E-state index in [9.17, 15) is 15.3 Å². The number of aromatic nitrogens is 1. The van der Waals surface area contributed by atoms with Crippen LogP contribution in [0.15, 0.2) is 24.4 Å². The van der Waals surface area contributed by atoms with Crippen molar-refractivity contribution in [3.63, 3.8) is 0 Å². The highest BCUT2D eigenvalue weighted by molar-refractivity contribution is 5.02. The lowest BCUT2D eigenvalue weighted by Gasteiger charge is -2.39. The second-order valence-corrected chi connectivity index (χ2v) is 4.33. The molecule has 5 atom stereocenters. The lowest BCUT2D eigenvalue weighted by molar-refractivity contribution is -0.304. The fourth-order valence-electron chi connectivity index (χ4n) is 1.86. The number of hydrogen-bond acceptors (Lipinski definition) is 7. The van der Waals surface area contributed by atoms with Crippen molar-refractivity contribution in [1.29, 1.82) is 0 Å². The summed E-state index contributed by atoms with van der Waals surface area (Å²) in [7, 11) is 0. The van der Waals surface area contributed by atoms with Crippen molar-refractivity contribution in [3.05, 3.63) is 30.1 Å². The number of nitrogens with zero attached hydrogens (tertiary/aromatic N) is 1. The van der Waals surface area contributed by atoms with Gasteiger partial charge in [-0.25, -0.2) is 0 Å². The number of rotatable bonds is 4. The zero-order valence-corrected chi connectivity index (χ0v) is 10.2. The van der Waals surface area contributed by atoms with E-state index in [1.165, 1.54) is 0 Å². The molecule has 1 aliphatic rings. The second-order valence-electron chi connectivity index (χ2n) is 4.33. The second kappa shape index (κ2) is 6.38. The van der Waals surface area contributed by atoms with Crippen LogP contribution in [0.3, 0.4) is 0 Å². The molecule has 0 aliphatic carbocycles. The summed E-state index contributed by atoms with van der Waals surface area (Å²) in [4.78, 5) is 4.04. The maximum atomic E-state index is 9.74. The first-order valence-corrected chi connectivity index (χ1v) is 5.95. The largest absolute Gasteiger partial charge is 0.394 e. The van der Waals surface area contributed by atoms with Gasteiger partial charge in [0.25, 0.3) is 0 Å². The molecule has 1 aliphatic heterocycles. The van der Waals surface area contributed by atoms with Crippen LogP contribution in [0.25, 0.3) is 0 Å². The molecule has 1 saturated heterocycles. The summed E-state index contributed by atoms with van der Waals surface area (Å²) in [5.74, 6) is 0. The van der Waals surface area contributed by atoms with Crippen molar-refractivity contribution in [3.8, 4) is 0 Å². The molecule has 0 radical (unpaired) electrons. The predicted molar refractivity (Wildman–Crippen MR) is 62.8 cm³/mol. The summed E-state index contributed by atoms with van der Waals surface area (Å²) in [6.07, 6.45) is -4.69. The molecule has 4 N–H and O–H groups in total. The smallest absolute Gasteiger partial charge is 0.187 e. The van der Waals surface area contributed by atoms with E-state index in [0.29, 0.717) is 5.69 Å². The van der Waals surface area contributed by atoms with Gasteiger partial charge >= 0.3 is 0 Å². The van der Waals surface area contributed by atoms with Crippen LogP contribution < -0.4 is 0 Å². The first kappa shape index (κ1) is 14.3. The Labute approximate surface area is 110 Å². The van der Waals surface area contributed by atoms with E-state index in [-0.39, 0.29) is 6.61 Å². The molecule has 1 aromatic heterocycles. The first-order valence-electron chi connectivity index (χ1n) is 5.95. The maximum absolute atomic E-state index is 9.74. The van der Waals surface area contributed by atoms with E-state index < -0.39 is 37.3 Å². The summed E-state index contributed by atoms with van der Waals surface area (Å²) in [5.41, 5.74) is 0.638. The Bertz CT molecular complexity index is 387. The van der Waals surface area contributed by atoms with Gasteiger partial charge in [-0.3, -0.25) is 4.98 Å². The minimum Gasteiger partial charge on any atom is -0.394 e. The average Bonchev–Trinajstić information content (AvgIpc) is 2.45. The molecule has 19 heavy (non-hydrogen) atoms. The Hall–Kier alpha value is -1.09. The fourth-order valence-corrected chi connectivity index (χ4v) is 1.86. The molecule has 106 valence electrons. The van der Waals surface area contributed by atoms with E-state index >= 15 is 0 Å². The molecule has 0 bridgehead atoms. The van der Waals surface area contributed by atoms with Crippen LogP contribution in [0.4, 0.5) is 0 Å². The van der Waals surface area contributed by atoms with E-state index in [4.69, 9.17) is 14.6 Å². The van der Waals surface area contributed by atoms with Gasteiger partial charge in [0.15, 0.2) is 6.29 Å². The highest BCUT2D eigenvalue weighted by atomic mass is 16.7. The van der Waals surface area contributed by atoms with E-state index in [1.54, 1.807) is 24.4 Å². The Balaban J connectivity index is 1.95. The molecule has 1 aromatic rings. The molecule has 0 amide bonds. The molecule has 0 aromatic carbocycles. The zero-order chi connectivity index (χ0) is 13.8. The monoisotopic (exact) mass is 271 g/mol. The van der Waals surface area contributed by atoms with Gasteiger partial charge in [0, 0.05) is 6.20 Å². The number of aliphatic hydroxyl groups is 4. The summed E-state index contributed by atoms with van der Waals surface area (Å²) >= 11 is 0. The minimum absolute atomic E-state index is 0.0868. The third-order valence-corrected chi connectivity index (χ3v) is 2.97. The maximum Gasteiger partial charge on any atom is 0.187 e. The lowest BCUT2D eigenvalue weighted by atomic mass is 9.99. The van der Waals surface area contributed by atoms with Crippen LogP contribution in [0.1, 0.15) is 5.69 Å². The van der Waals surface area contributed by atoms with Crippen molar-refractivity contribution in [1.82, 2.24) is 4.98 Å². The van der Waals surface area contributed by atoms with Crippen LogP contribution in [-0.2, 0) is 16.1 Å². The van der Waals surface area contributed by atoms with Crippen molar-refractivity contribution in [2.75, 3.05) is 6.61 Å². The SMILES string of the molecule is OC[C@H]1O[C@@H](OCc2ccccn2)[C@H](O)[C@@H](O)[C@@H]1O. The summed E-state index contributed by atoms with van der Waals surface area (Å²) in [5, 5.41) is 37.9. The standard InChI is InChI=1S/C12H17NO6/c14-5-8-9(15)10(16)11(17)12(19-8)18-6-7-3-1-2-4-13-7/h1-4,8-12,14-17H,5-6H2/t8-,9-,10+,11-,12-/m1/s1. The van der Waals surface area contributed by atoms with Crippen molar-refractivity contribution in [2.45, 2.75) is 37.3 Å². The molecule has 2 rings (SSSR count). The Kier molecular flexibility index (Phi) is 4.81. The Morgan fingerprint density at radius 1 is 1.16 bits per heavy atom. The van der Waals surface area contributed by atoms with Gasteiger partial charge in [-0.2, -0.15) is 0 Å². The number of hydrogen-bond donors (Lipinski definition) is 4. The molecule has 0 unspecified atom stereocenters. The normalized spacial score (nSPS) is 35.3. The Morgan fingerprint density at radius 2 is 1.95 bits per heavy atom. The van der Waals surface area contributed by atoms with Crippen LogP contribution in [0, 0.1) is 0 Å². The third-order valence-electron chi connectivity index (χ3n) is 2.97. The molecule has 0 saturated carbocycles. The third kappa shape index (κ3) is 3.27. The van der Waals surface area contributed by atoms with E-state index in [2.05, 4.69) is 4.98 Å². The highest BCUT2D eigenvalue weighted by Crippen LogP contribution is 2.22. The molecular weight excluding hydrogens is 254 g/mol. The molecular formula is C12H17NO6. The molecule has 2 heterocycles. The number of ether oxygens (including phenoxy) is 2. The van der Waals surface area contributed by atoms with Crippen molar-refractivity contribution < 1.29 is 29.9 Å². The van der Waals surface area contributed by atoms with Gasteiger partial charge in [0.2, 0.25) is 0 Å². The molecule has 7 heteroatoms. The quantitative estimate of drug-likeness (QED) is 0.521.